The molecule has 0 bridgehead atoms. The van der Waals surface area contributed by atoms with E-state index in [0.717, 1.165) is 23.9 Å². The van der Waals surface area contributed by atoms with Crippen LogP contribution in [-0.4, -0.2) is 59.1 Å². The monoisotopic (exact) mass is 506 g/mol. The molecule has 1 fully saturated rings. The molecule has 1 aliphatic rings. The van der Waals surface area contributed by atoms with Crippen LogP contribution in [-0.2, 0) is 10.8 Å². The average Bonchev–Trinajstić information content (AvgIpc) is 2.67. The summed E-state index contributed by atoms with van der Waals surface area (Å²) in [6.45, 7) is 11.2. The summed E-state index contributed by atoms with van der Waals surface area (Å²) < 4.78 is 12.3. The number of hydrogen-bond donors (Lipinski definition) is 2. The molecule has 1 saturated heterocycles. The van der Waals surface area contributed by atoms with Crippen molar-refractivity contribution in [2.75, 3.05) is 38.5 Å². The van der Waals surface area contributed by atoms with Crippen molar-refractivity contribution in [2.45, 2.75) is 50.5 Å². The maximum absolute atomic E-state index is 12.3. The number of nitrogens with zero attached hydrogens (tertiary/aromatic N) is 2. The quantitative estimate of drug-likeness (QED) is 0.323. The number of guanidine groups is 1. The van der Waals surface area contributed by atoms with Crippen LogP contribution in [0.15, 0.2) is 40.2 Å². The van der Waals surface area contributed by atoms with Gasteiger partial charge in [-0.3, -0.25) is 14.1 Å². The standard InChI is InChI=1S/C20H34N4OS.HI/c1-4-21-19(22-13-16-26(25)18-11-7-5-8-12-18)23-17-20(2,3)24-14-9-6-10-15-24;/h5,7-8,11-12H,4,6,9-10,13-17H2,1-3H3,(H2,21,22,23);1H. The summed E-state index contributed by atoms with van der Waals surface area (Å²) in [5.74, 6) is 1.38. The lowest BCUT2D eigenvalue weighted by Crippen LogP contribution is -2.49. The summed E-state index contributed by atoms with van der Waals surface area (Å²) in [4.78, 5) is 8.21. The third-order valence-electron chi connectivity index (χ3n) is 4.77. The number of aliphatic imine (C=N–C) groups is 1. The van der Waals surface area contributed by atoms with Crippen molar-refractivity contribution in [3.05, 3.63) is 30.3 Å². The zero-order valence-electron chi connectivity index (χ0n) is 16.9. The van der Waals surface area contributed by atoms with Crippen LogP contribution < -0.4 is 10.6 Å². The molecule has 1 aromatic rings. The molecule has 154 valence electrons. The van der Waals surface area contributed by atoms with Crippen LogP contribution in [0.3, 0.4) is 0 Å². The molecular weight excluding hydrogens is 471 g/mol. The number of halogens is 1. The number of hydrogen-bond acceptors (Lipinski definition) is 3. The van der Waals surface area contributed by atoms with Gasteiger partial charge in [-0.1, -0.05) is 24.6 Å². The normalized spacial score (nSPS) is 17.1. The fourth-order valence-electron chi connectivity index (χ4n) is 3.17. The van der Waals surface area contributed by atoms with Crippen LogP contribution in [0.4, 0.5) is 0 Å². The molecule has 0 aliphatic carbocycles. The SMILES string of the molecule is CCNC(=NCC(C)(C)N1CCCCC1)NCCS(=O)c1ccccc1.I. The van der Waals surface area contributed by atoms with Crippen molar-refractivity contribution >= 4 is 40.7 Å². The van der Waals surface area contributed by atoms with E-state index < -0.39 is 10.8 Å². The van der Waals surface area contributed by atoms with Crippen molar-refractivity contribution in [3.63, 3.8) is 0 Å². The Hall–Kier alpha value is -0.670. The van der Waals surface area contributed by atoms with E-state index in [4.69, 9.17) is 4.99 Å². The molecular formula is C20H35IN4OS. The Bertz CT molecular complexity index is 589. The highest BCUT2D eigenvalue weighted by atomic mass is 127. The first kappa shape index (κ1) is 24.4. The van der Waals surface area contributed by atoms with Crippen molar-refractivity contribution in [1.82, 2.24) is 15.5 Å². The van der Waals surface area contributed by atoms with Crippen LogP contribution in [0.1, 0.15) is 40.0 Å². The lowest BCUT2D eigenvalue weighted by atomic mass is 9.99. The van der Waals surface area contributed by atoms with E-state index in [2.05, 4.69) is 36.3 Å². The van der Waals surface area contributed by atoms with E-state index in [1.165, 1.54) is 32.4 Å². The Morgan fingerprint density at radius 3 is 2.44 bits per heavy atom. The number of piperidine rings is 1. The van der Waals surface area contributed by atoms with E-state index in [9.17, 15) is 4.21 Å². The third-order valence-corrected chi connectivity index (χ3v) is 6.14. The molecule has 7 heteroatoms. The van der Waals surface area contributed by atoms with Gasteiger partial charge in [0.1, 0.15) is 0 Å². The molecule has 0 amide bonds. The van der Waals surface area contributed by atoms with Crippen LogP contribution in [0.5, 0.6) is 0 Å². The Morgan fingerprint density at radius 2 is 1.81 bits per heavy atom. The van der Waals surface area contributed by atoms with Gasteiger partial charge in [0.25, 0.3) is 0 Å². The molecule has 2 N–H and O–H groups in total. The Balaban J connectivity index is 0.00000364. The maximum atomic E-state index is 12.3. The van der Waals surface area contributed by atoms with E-state index >= 15 is 0 Å². The smallest absolute Gasteiger partial charge is 0.191 e. The molecule has 27 heavy (non-hydrogen) atoms. The highest BCUT2D eigenvalue weighted by molar-refractivity contribution is 14.0. The highest BCUT2D eigenvalue weighted by Gasteiger charge is 2.27. The van der Waals surface area contributed by atoms with Gasteiger partial charge < -0.3 is 10.6 Å². The first-order valence-electron chi connectivity index (χ1n) is 9.73. The first-order valence-corrected chi connectivity index (χ1v) is 11.1. The lowest BCUT2D eigenvalue weighted by molar-refractivity contribution is 0.102. The van der Waals surface area contributed by atoms with Gasteiger partial charge in [0.2, 0.25) is 0 Å². The number of rotatable bonds is 8. The van der Waals surface area contributed by atoms with Gasteiger partial charge in [-0.15, -0.1) is 24.0 Å². The van der Waals surface area contributed by atoms with Gasteiger partial charge in [-0.2, -0.15) is 0 Å². The Labute approximate surface area is 184 Å². The van der Waals surface area contributed by atoms with Crippen molar-refractivity contribution in [3.8, 4) is 0 Å². The zero-order chi connectivity index (χ0) is 18.8. The van der Waals surface area contributed by atoms with E-state index in [-0.39, 0.29) is 29.5 Å². The van der Waals surface area contributed by atoms with E-state index in [0.29, 0.717) is 12.3 Å². The summed E-state index contributed by atoms with van der Waals surface area (Å²) in [6, 6.07) is 9.62. The Morgan fingerprint density at radius 1 is 1.15 bits per heavy atom. The summed E-state index contributed by atoms with van der Waals surface area (Å²) in [5.41, 5.74) is 0.0651. The molecule has 0 saturated carbocycles. The molecule has 0 radical (unpaired) electrons. The van der Waals surface area contributed by atoms with Crippen molar-refractivity contribution in [1.29, 1.82) is 0 Å². The maximum Gasteiger partial charge on any atom is 0.191 e. The van der Waals surface area contributed by atoms with Gasteiger partial charge in [-0.25, -0.2) is 0 Å². The van der Waals surface area contributed by atoms with Gasteiger partial charge in [0, 0.05) is 29.3 Å². The van der Waals surface area contributed by atoms with Crippen LogP contribution in [0.2, 0.25) is 0 Å². The molecule has 0 spiro atoms. The van der Waals surface area contributed by atoms with Crippen LogP contribution in [0, 0.1) is 0 Å². The van der Waals surface area contributed by atoms with E-state index in [1.54, 1.807) is 0 Å². The fraction of sp³-hybridized carbons (Fsp3) is 0.650. The molecule has 5 nitrogen and oxygen atoms in total. The number of benzene rings is 1. The van der Waals surface area contributed by atoms with Crippen LogP contribution >= 0.6 is 24.0 Å². The second kappa shape index (κ2) is 12.7. The largest absolute Gasteiger partial charge is 0.357 e. The topological polar surface area (TPSA) is 56.7 Å². The minimum absolute atomic E-state index is 0. The minimum atomic E-state index is -0.982. The zero-order valence-corrected chi connectivity index (χ0v) is 20.0. The molecule has 0 aromatic heterocycles. The predicted molar refractivity (Wildman–Crippen MR) is 127 cm³/mol. The molecule has 2 rings (SSSR count). The first-order chi connectivity index (χ1) is 12.5. The lowest BCUT2D eigenvalue weighted by Gasteiger charge is -2.40. The molecule has 1 unspecified atom stereocenters. The molecule has 1 heterocycles. The van der Waals surface area contributed by atoms with Gasteiger partial charge in [0.15, 0.2) is 5.96 Å². The second-order valence-electron chi connectivity index (χ2n) is 7.34. The summed E-state index contributed by atoms with van der Waals surface area (Å²) in [6.07, 6.45) is 3.92. The van der Waals surface area contributed by atoms with Gasteiger partial charge in [0.05, 0.1) is 17.3 Å². The Kier molecular flexibility index (Phi) is 11.5. The number of likely N-dealkylation sites (tertiary alicyclic amines) is 1. The average molecular weight is 506 g/mol. The fourth-order valence-corrected chi connectivity index (χ4v) is 4.15. The van der Waals surface area contributed by atoms with Gasteiger partial charge >= 0.3 is 0 Å². The summed E-state index contributed by atoms with van der Waals surface area (Å²) in [5, 5.41) is 6.62. The second-order valence-corrected chi connectivity index (χ2v) is 8.92. The molecule has 1 aliphatic heterocycles. The number of nitrogens with one attached hydrogen (secondary N) is 2. The van der Waals surface area contributed by atoms with E-state index in [1.807, 2.05) is 30.3 Å². The minimum Gasteiger partial charge on any atom is -0.357 e. The summed E-state index contributed by atoms with van der Waals surface area (Å²) in [7, 11) is -0.982. The molecule has 1 aromatic carbocycles. The summed E-state index contributed by atoms with van der Waals surface area (Å²) >= 11 is 0. The van der Waals surface area contributed by atoms with Crippen molar-refractivity contribution < 1.29 is 4.21 Å². The predicted octanol–water partition coefficient (Wildman–Crippen LogP) is 3.23. The highest BCUT2D eigenvalue weighted by Crippen LogP contribution is 2.20. The van der Waals surface area contributed by atoms with Gasteiger partial charge in [-0.05, 0) is 58.8 Å². The third kappa shape index (κ3) is 8.48. The van der Waals surface area contributed by atoms with Crippen molar-refractivity contribution in [2.24, 2.45) is 4.99 Å². The molecule has 1 atom stereocenters. The van der Waals surface area contributed by atoms with Crippen LogP contribution in [0.25, 0.3) is 0 Å².